The lowest BCUT2D eigenvalue weighted by molar-refractivity contribution is 0.248. The van der Waals surface area contributed by atoms with Gasteiger partial charge in [-0.1, -0.05) is 71.6 Å². The maximum Gasteiger partial charge on any atom is 0.332 e. The van der Waals surface area contributed by atoms with Gasteiger partial charge < -0.3 is 11.5 Å². The largest absolute Gasteiger partial charge is 0.350 e. The van der Waals surface area contributed by atoms with Crippen LogP contribution in [-0.4, -0.2) is 23.5 Å². The molecule has 8 nitrogen and oxygen atoms in total. The molecule has 0 aromatic rings. The van der Waals surface area contributed by atoms with E-state index < -0.39 is 12.1 Å². The van der Waals surface area contributed by atoms with Crippen LogP contribution in [0.2, 0.25) is 0 Å². The van der Waals surface area contributed by atoms with Crippen molar-refractivity contribution < 1.29 is 9.59 Å². The molecule has 0 atom stereocenters. The molecule has 0 bridgehead atoms. The monoisotopic (exact) mass is 438 g/mol. The Morgan fingerprint density at radius 3 is 1.13 bits per heavy atom. The van der Waals surface area contributed by atoms with Crippen LogP contribution in [0, 0.1) is 0 Å². The average Bonchev–Trinajstić information content (AvgIpc) is 2.73. The van der Waals surface area contributed by atoms with Crippen LogP contribution < -0.4 is 22.3 Å². The molecular weight excluding hydrogens is 392 g/mol. The zero-order chi connectivity index (χ0) is 23.2. The minimum atomic E-state index is -0.607. The average molecular weight is 439 g/mol. The third kappa shape index (κ3) is 20.9. The molecule has 0 saturated heterocycles. The number of primary amides is 2. The van der Waals surface area contributed by atoms with Gasteiger partial charge in [0, 0.05) is 11.4 Å². The maximum absolute atomic E-state index is 10.9. The van der Waals surface area contributed by atoms with E-state index in [1.54, 1.807) is 0 Å². The van der Waals surface area contributed by atoms with Gasteiger partial charge in [-0.25, -0.2) is 20.4 Å². The zero-order valence-corrected chi connectivity index (χ0v) is 19.9. The fourth-order valence-electron chi connectivity index (χ4n) is 3.44. The first-order chi connectivity index (χ1) is 15.0. The molecule has 0 heterocycles. The first kappa shape index (κ1) is 28.9. The molecule has 0 rings (SSSR count). The van der Waals surface area contributed by atoms with Crippen LogP contribution in [0.5, 0.6) is 0 Å². The number of carbonyl (C=O) groups is 2. The Morgan fingerprint density at radius 2 is 0.839 bits per heavy atom. The van der Waals surface area contributed by atoms with Gasteiger partial charge in [-0.15, -0.1) is 0 Å². The number of amides is 4. The van der Waals surface area contributed by atoms with E-state index >= 15 is 0 Å². The van der Waals surface area contributed by atoms with Gasteiger partial charge in [0.25, 0.3) is 0 Å². The van der Waals surface area contributed by atoms with Crippen LogP contribution in [0.1, 0.15) is 123 Å². The SMILES string of the molecule is CCCCCC/C(CCCCCCC/C(CCCCCC)=N/NC(N)=O)=N/NC(N)=O. The number of unbranched alkanes of at least 4 members (excludes halogenated alkanes) is 10. The van der Waals surface area contributed by atoms with Crippen molar-refractivity contribution in [1.29, 1.82) is 0 Å². The molecule has 4 amide bonds. The summed E-state index contributed by atoms with van der Waals surface area (Å²) in [5.41, 5.74) is 17.1. The Morgan fingerprint density at radius 1 is 0.548 bits per heavy atom. The first-order valence-electron chi connectivity index (χ1n) is 12.2. The van der Waals surface area contributed by atoms with Crippen molar-refractivity contribution >= 4 is 23.5 Å². The summed E-state index contributed by atoms with van der Waals surface area (Å²) in [6.07, 6.45) is 18.7. The van der Waals surface area contributed by atoms with Gasteiger partial charge in [0.05, 0.1) is 0 Å². The van der Waals surface area contributed by atoms with Gasteiger partial charge in [0.1, 0.15) is 0 Å². The number of urea groups is 2. The van der Waals surface area contributed by atoms with Crippen LogP contribution >= 0.6 is 0 Å². The quantitative estimate of drug-likeness (QED) is 0.110. The number of nitrogens with zero attached hydrogens (tertiary/aromatic N) is 2. The van der Waals surface area contributed by atoms with Crippen molar-refractivity contribution in [2.45, 2.75) is 123 Å². The molecule has 0 unspecified atom stereocenters. The van der Waals surface area contributed by atoms with Crippen LogP contribution in [-0.2, 0) is 0 Å². The lowest BCUT2D eigenvalue weighted by atomic mass is 10.0. The minimum absolute atomic E-state index is 0.607. The van der Waals surface area contributed by atoms with Crippen molar-refractivity contribution in [1.82, 2.24) is 10.9 Å². The molecule has 0 saturated carbocycles. The van der Waals surface area contributed by atoms with E-state index in [0.717, 1.165) is 82.1 Å². The van der Waals surface area contributed by atoms with E-state index in [2.05, 4.69) is 34.9 Å². The summed E-state index contributed by atoms with van der Waals surface area (Å²) in [6, 6.07) is -1.21. The number of hydrazone groups is 2. The minimum Gasteiger partial charge on any atom is -0.350 e. The predicted octanol–water partition coefficient (Wildman–Crippen LogP) is 5.71. The lowest BCUT2D eigenvalue weighted by Crippen LogP contribution is -2.25. The molecule has 0 radical (unpaired) electrons. The maximum atomic E-state index is 10.9. The molecule has 0 aromatic heterocycles. The van der Waals surface area contributed by atoms with Crippen LogP contribution in [0.4, 0.5) is 9.59 Å². The fraction of sp³-hybridized carbons (Fsp3) is 0.826. The van der Waals surface area contributed by atoms with E-state index in [-0.39, 0.29) is 0 Å². The summed E-state index contributed by atoms with van der Waals surface area (Å²) in [6.45, 7) is 4.39. The Kier molecular flexibility index (Phi) is 19.7. The van der Waals surface area contributed by atoms with Gasteiger partial charge in [-0.3, -0.25) is 0 Å². The number of rotatable bonds is 20. The summed E-state index contributed by atoms with van der Waals surface area (Å²) >= 11 is 0. The second-order valence-electron chi connectivity index (χ2n) is 8.20. The highest BCUT2D eigenvalue weighted by Crippen LogP contribution is 2.13. The Balaban J connectivity index is 4.13. The number of carbonyl (C=O) groups excluding carboxylic acids is 2. The second-order valence-corrected chi connectivity index (χ2v) is 8.20. The van der Waals surface area contributed by atoms with E-state index in [1.807, 2.05) is 0 Å². The molecule has 6 N–H and O–H groups in total. The molecule has 31 heavy (non-hydrogen) atoms. The van der Waals surface area contributed by atoms with Crippen molar-refractivity contribution in [2.75, 3.05) is 0 Å². The molecule has 0 aliphatic carbocycles. The summed E-state index contributed by atoms with van der Waals surface area (Å²) in [5, 5.41) is 8.37. The Bertz CT molecular complexity index is 488. The summed E-state index contributed by atoms with van der Waals surface area (Å²) in [4.78, 5) is 21.9. The first-order valence-corrected chi connectivity index (χ1v) is 12.2. The molecule has 0 aliphatic rings. The summed E-state index contributed by atoms with van der Waals surface area (Å²) < 4.78 is 0. The topological polar surface area (TPSA) is 135 Å². The lowest BCUT2D eigenvalue weighted by Gasteiger charge is -2.08. The molecule has 0 spiro atoms. The number of nitrogens with one attached hydrogen (secondary N) is 2. The van der Waals surface area contributed by atoms with E-state index in [4.69, 9.17) is 11.5 Å². The summed E-state index contributed by atoms with van der Waals surface area (Å²) in [5.74, 6) is 0. The van der Waals surface area contributed by atoms with Crippen molar-refractivity contribution in [3.63, 3.8) is 0 Å². The molecule has 0 aliphatic heterocycles. The van der Waals surface area contributed by atoms with Gasteiger partial charge in [0.2, 0.25) is 0 Å². The number of nitrogens with two attached hydrogens (primary N) is 2. The molecule has 180 valence electrons. The van der Waals surface area contributed by atoms with Gasteiger partial charge >= 0.3 is 12.1 Å². The van der Waals surface area contributed by atoms with E-state index in [0.29, 0.717) is 0 Å². The van der Waals surface area contributed by atoms with Crippen LogP contribution in [0.25, 0.3) is 0 Å². The summed E-state index contributed by atoms with van der Waals surface area (Å²) in [7, 11) is 0. The highest BCUT2D eigenvalue weighted by molar-refractivity contribution is 5.86. The van der Waals surface area contributed by atoms with Gasteiger partial charge in [0.15, 0.2) is 0 Å². The molecular formula is C23H46N6O2. The van der Waals surface area contributed by atoms with Crippen molar-refractivity contribution in [3.8, 4) is 0 Å². The van der Waals surface area contributed by atoms with E-state index in [9.17, 15) is 9.59 Å². The molecule has 8 heteroatoms. The molecule has 0 aromatic carbocycles. The van der Waals surface area contributed by atoms with Crippen molar-refractivity contribution in [3.05, 3.63) is 0 Å². The standard InChI is InChI=1S/C23H46N6O2/c1-3-5-7-12-16-20(26-28-22(24)30)18-14-10-9-11-15-19-21(27-29-23(25)31)17-13-8-6-4-2/h3-19H2,1-2H3,(H3,24,28,30)(H3,25,29,31)/b26-20-,27-21+. The fourth-order valence-corrected chi connectivity index (χ4v) is 3.44. The van der Waals surface area contributed by atoms with Crippen molar-refractivity contribution in [2.24, 2.45) is 21.7 Å². The zero-order valence-electron chi connectivity index (χ0n) is 19.9. The predicted molar refractivity (Wildman–Crippen MR) is 130 cm³/mol. The van der Waals surface area contributed by atoms with Crippen LogP contribution in [0.3, 0.4) is 0 Å². The van der Waals surface area contributed by atoms with Gasteiger partial charge in [-0.2, -0.15) is 10.2 Å². The number of hydrogen-bond donors (Lipinski definition) is 4. The normalized spacial score (nSPS) is 12.1. The highest BCUT2D eigenvalue weighted by atomic mass is 16.2. The van der Waals surface area contributed by atoms with Crippen LogP contribution in [0.15, 0.2) is 10.2 Å². The van der Waals surface area contributed by atoms with E-state index in [1.165, 1.54) is 38.5 Å². The third-order valence-electron chi connectivity index (χ3n) is 5.22. The second kappa shape index (κ2) is 21.1. The third-order valence-corrected chi connectivity index (χ3v) is 5.22. The highest BCUT2D eigenvalue weighted by Gasteiger charge is 2.04. The Hall–Kier alpha value is -2.12. The number of hydrogen-bond acceptors (Lipinski definition) is 4. The van der Waals surface area contributed by atoms with Gasteiger partial charge in [-0.05, 0) is 51.4 Å². The molecule has 0 fully saturated rings. The Labute approximate surface area is 189 Å². The smallest absolute Gasteiger partial charge is 0.332 e.